The lowest BCUT2D eigenvalue weighted by molar-refractivity contribution is -0.384. The number of hydrogen-bond donors (Lipinski definition) is 1. The highest BCUT2D eigenvalue weighted by Crippen LogP contribution is 2.43. The van der Waals surface area contributed by atoms with Crippen molar-refractivity contribution in [3.8, 4) is 5.75 Å². The number of Topliss-reactive ketones (excluding diaryl/α,β-unsaturated/α-hetero) is 1. The molecule has 0 bridgehead atoms. The number of hydrogen-bond acceptors (Lipinski definition) is 7. The summed E-state index contributed by atoms with van der Waals surface area (Å²) in [5.74, 6) is -1.69. The lowest BCUT2D eigenvalue weighted by Crippen LogP contribution is -2.29. The van der Waals surface area contributed by atoms with Crippen molar-refractivity contribution in [2.24, 2.45) is 0 Å². The van der Waals surface area contributed by atoms with E-state index < -0.39 is 28.4 Å². The van der Waals surface area contributed by atoms with Gasteiger partial charge in [-0.1, -0.05) is 30.3 Å². The monoisotopic (exact) mass is 501 g/mol. The van der Waals surface area contributed by atoms with Gasteiger partial charge in [0.05, 0.1) is 23.6 Å². The lowest BCUT2D eigenvalue weighted by Gasteiger charge is -2.27. The molecule has 1 N–H and O–H groups in total. The van der Waals surface area contributed by atoms with Gasteiger partial charge in [0.1, 0.15) is 11.5 Å². The van der Waals surface area contributed by atoms with Gasteiger partial charge in [-0.05, 0) is 43.7 Å². The zero-order chi connectivity index (χ0) is 26.7. The predicted molar refractivity (Wildman–Crippen MR) is 141 cm³/mol. The first-order chi connectivity index (χ1) is 17.8. The molecule has 9 heteroatoms. The van der Waals surface area contributed by atoms with E-state index in [0.29, 0.717) is 17.0 Å². The van der Waals surface area contributed by atoms with Crippen LogP contribution in [-0.2, 0) is 9.59 Å². The number of non-ortho nitro benzene ring substituents is 1. The number of carbonyl (C=O) groups excluding carboxylic acids is 2. The van der Waals surface area contributed by atoms with Crippen LogP contribution in [0.15, 0.2) is 78.4 Å². The molecule has 1 fully saturated rings. The summed E-state index contributed by atoms with van der Waals surface area (Å²) in [6.07, 6.45) is 0. The number of amides is 1. The van der Waals surface area contributed by atoms with Crippen LogP contribution in [0.2, 0.25) is 0 Å². The van der Waals surface area contributed by atoms with Crippen LogP contribution in [0.1, 0.15) is 31.0 Å². The summed E-state index contributed by atoms with van der Waals surface area (Å²) in [6.45, 7) is 5.72. The second-order valence-electron chi connectivity index (χ2n) is 8.44. The van der Waals surface area contributed by atoms with Crippen molar-refractivity contribution in [1.29, 1.82) is 0 Å². The van der Waals surface area contributed by atoms with E-state index in [1.54, 1.807) is 24.3 Å². The molecular weight excluding hydrogens is 474 g/mol. The van der Waals surface area contributed by atoms with Crippen molar-refractivity contribution in [1.82, 2.24) is 0 Å². The van der Waals surface area contributed by atoms with Gasteiger partial charge in [0.2, 0.25) is 0 Å². The number of rotatable bonds is 8. The van der Waals surface area contributed by atoms with Crippen LogP contribution in [0.5, 0.6) is 5.75 Å². The van der Waals surface area contributed by atoms with Crippen LogP contribution >= 0.6 is 0 Å². The molecule has 3 aromatic rings. The maximum absolute atomic E-state index is 13.4. The van der Waals surface area contributed by atoms with E-state index in [2.05, 4.69) is 4.90 Å². The van der Waals surface area contributed by atoms with Gasteiger partial charge in [-0.3, -0.25) is 24.6 Å². The molecule has 0 aliphatic carbocycles. The van der Waals surface area contributed by atoms with E-state index >= 15 is 0 Å². The quantitative estimate of drug-likeness (QED) is 0.151. The second kappa shape index (κ2) is 10.5. The fraction of sp³-hybridized carbons (Fsp3) is 0.214. The van der Waals surface area contributed by atoms with E-state index in [4.69, 9.17) is 4.74 Å². The summed E-state index contributed by atoms with van der Waals surface area (Å²) in [5.41, 5.74) is 1.67. The fourth-order valence-electron chi connectivity index (χ4n) is 4.55. The van der Waals surface area contributed by atoms with Gasteiger partial charge < -0.3 is 14.7 Å². The Hall–Kier alpha value is -4.66. The highest BCUT2D eigenvalue weighted by molar-refractivity contribution is 6.51. The number of methoxy groups -OCH3 is 1. The van der Waals surface area contributed by atoms with Gasteiger partial charge in [0.15, 0.2) is 0 Å². The lowest BCUT2D eigenvalue weighted by atomic mass is 9.94. The Balaban J connectivity index is 1.92. The minimum absolute atomic E-state index is 0.0719. The molecule has 0 radical (unpaired) electrons. The maximum Gasteiger partial charge on any atom is 0.300 e. The number of nitro benzene ring substituents is 1. The summed E-state index contributed by atoms with van der Waals surface area (Å²) in [5, 5.41) is 22.6. The van der Waals surface area contributed by atoms with Gasteiger partial charge >= 0.3 is 0 Å². The number of anilines is 2. The van der Waals surface area contributed by atoms with Gasteiger partial charge in [0, 0.05) is 48.2 Å². The SMILES string of the molecule is CCN(CC)c1ccc(C2/C(=C(/O)c3cccc([N+](=O)[O-])c3)C(=O)C(=O)N2c2cccc(OC)c2)cc1. The summed E-state index contributed by atoms with van der Waals surface area (Å²) in [6, 6.07) is 18.6. The van der Waals surface area contributed by atoms with Gasteiger partial charge in [-0.15, -0.1) is 0 Å². The summed E-state index contributed by atoms with van der Waals surface area (Å²) in [4.78, 5) is 40.9. The van der Waals surface area contributed by atoms with E-state index in [1.807, 2.05) is 38.1 Å². The molecule has 1 amide bonds. The Morgan fingerprint density at radius 3 is 2.32 bits per heavy atom. The molecule has 4 rings (SSSR count). The number of nitro groups is 1. The summed E-state index contributed by atoms with van der Waals surface area (Å²) < 4.78 is 5.31. The van der Waals surface area contributed by atoms with Crippen molar-refractivity contribution in [3.63, 3.8) is 0 Å². The molecule has 0 spiro atoms. The normalized spacial score (nSPS) is 16.6. The van der Waals surface area contributed by atoms with Crippen LogP contribution in [0.4, 0.5) is 17.1 Å². The van der Waals surface area contributed by atoms with Crippen molar-refractivity contribution < 1.29 is 24.4 Å². The Labute approximate surface area is 214 Å². The van der Waals surface area contributed by atoms with Crippen molar-refractivity contribution >= 4 is 34.5 Å². The Kier molecular flexibility index (Phi) is 7.24. The van der Waals surface area contributed by atoms with Crippen LogP contribution in [0, 0.1) is 10.1 Å². The van der Waals surface area contributed by atoms with Crippen LogP contribution < -0.4 is 14.5 Å². The largest absolute Gasteiger partial charge is 0.507 e. The fourth-order valence-corrected chi connectivity index (χ4v) is 4.55. The van der Waals surface area contributed by atoms with Crippen LogP contribution in [-0.4, -0.2) is 41.9 Å². The van der Waals surface area contributed by atoms with Gasteiger partial charge in [-0.2, -0.15) is 0 Å². The molecule has 0 saturated carbocycles. The zero-order valence-electron chi connectivity index (χ0n) is 20.7. The number of benzene rings is 3. The second-order valence-corrected chi connectivity index (χ2v) is 8.44. The van der Waals surface area contributed by atoms with Gasteiger partial charge in [0.25, 0.3) is 17.4 Å². The summed E-state index contributed by atoms with van der Waals surface area (Å²) >= 11 is 0. The average Bonchev–Trinajstić information content (AvgIpc) is 3.19. The topological polar surface area (TPSA) is 113 Å². The Morgan fingerprint density at radius 1 is 1.03 bits per heavy atom. The van der Waals surface area contributed by atoms with Crippen molar-refractivity contribution in [2.75, 3.05) is 30.0 Å². The van der Waals surface area contributed by atoms with Gasteiger partial charge in [-0.25, -0.2) is 0 Å². The molecule has 37 heavy (non-hydrogen) atoms. The number of nitrogens with zero attached hydrogens (tertiary/aromatic N) is 3. The maximum atomic E-state index is 13.4. The van der Waals surface area contributed by atoms with E-state index in [9.17, 15) is 24.8 Å². The number of carbonyl (C=O) groups is 2. The third kappa shape index (κ3) is 4.75. The van der Waals surface area contributed by atoms with E-state index in [0.717, 1.165) is 18.8 Å². The molecule has 9 nitrogen and oxygen atoms in total. The molecule has 1 unspecified atom stereocenters. The molecule has 0 aromatic heterocycles. The smallest absolute Gasteiger partial charge is 0.300 e. The van der Waals surface area contributed by atoms with Crippen molar-refractivity contribution in [2.45, 2.75) is 19.9 Å². The third-order valence-electron chi connectivity index (χ3n) is 6.44. The molecule has 1 aliphatic rings. The van der Waals surface area contributed by atoms with E-state index in [-0.39, 0.29) is 16.8 Å². The number of ether oxygens (including phenoxy) is 1. The standard InChI is InChI=1S/C28H27N3O6/c1-4-29(5-2)20-14-12-18(13-15-20)25-24(26(32)19-8-6-10-22(16-19)31(35)36)27(33)28(34)30(25)21-9-7-11-23(17-21)37-3/h6-17,25,32H,4-5H2,1-3H3/b26-24-. The van der Waals surface area contributed by atoms with Crippen molar-refractivity contribution in [3.05, 3.63) is 99.6 Å². The first-order valence-corrected chi connectivity index (χ1v) is 11.9. The first-order valence-electron chi connectivity index (χ1n) is 11.9. The zero-order valence-corrected chi connectivity index (χ0v) is 20.7. The molecular formula is C28H27N3O6. The molecule has 3 aromatic carbocycles. The number of ketones is 1. The summed E-state index contributed by atoms with van der Waals surface area (Å²) in [7, 11) is 1.50. The van der Waals surface area contributed by atoms with E-state index in [1.165, 1.54) is 36.3 Å². The van der Waals surface area contributed by atoms with Crippen LogP contribution in [0.3, 0.4) is 0 Å². The minimum atomic E-state index is -0.961. The first kappa shape index (κ1) is 25.4. The third-order valence-corrected chi connectivity index (χ3v) is 6.44. The Bertz CT molecular complexity index is 1380. The number of aliphatic hydroxyl groups is 1. The Morgan fingerprint density at radius 2 is 1.70 bits per heavy atom. The molecule has 1 saturated heterocycles. The van der Waals surface area contributed by atoms with Crippen LogP contribution in [0.25, 0.3) is 5.76 Å². The highest BCUT2D eigenvalue weighted by Gasteiger charge is 2.47. The molecule has 1 aliphatic heterocycles. The number of aliphatic hydroxyl groups excluding tert-OH is 1. The highest BCUT2D eigenvalue weighted by atomic mass is 16.6. The molecule has 190 valence electrons. The molecule has 1 heterocycles. The average molecular weight is 502 g/mol. The minimum Gasteiger partial charge on any atom is -0.507 e. The predicted octanol–water partition coefficient (Wildman–Crippen LogP) is 5.08. The molecule has 1 atom stereocenters.